The molecule has 1 fully saturated rings. The van der Waals surface area contributed by atoms with E-state index in [0.717, 1.165) is 12.1 Å². The van der Waals surface area contributed by atoms with E-state index in [1.165, 1.54) is 23.5 Å². The molecule has 1 aliphatic heterocycles. The third kappa shape index (κ3) is 3.64. The maximum atomic E-state index is 12.5. The van der Waals surface area contributed by atoms with Gasteiger partial charge in [0.25, 0.3) is 11.1 Å². The lowest BCUT2D eigenvalue weighted by molar-refractivity contribution is -0.137. The van der Waals surface area contributed by atoms with Crippen LogP contribution in [0.25, 0.3) is 0 Å². The molecule has 0 N–H and O–H groups in total. The number of rotatable bonds is 3. The fourth-order valence-electron chi connectivity index (χ4n) is 2.40. The van der Waals surface area contributed by atoms with Crippen molar-refractivity contribution in [2.75, 3.05) is 13.1 Å². The molecule has 2 heterocycles. The SMILES string of the molecule is O=C(c1ccc(C(F)(F)F)cc1)N1CCC(Oc2nccs2)C1. The topological polar surface area (TPSA) is 42.4 Å². The molecule has 23 heavy (non-hydrogen) atoms. The Hall–Kier alpha value is -2.09. The van der Waals surface area contributed by atoms with E-state index in [1.807, 2.05) is 0 Å². The first-order chi connectivity index (χ1) is 10.9. The van der Waals surface area contributed by atoms with Crippen LogP contribution in [0, 0.1) is 0 Å². The van der Waals surface area contributed by atoms with Crippen LogP contribution in [0.15, 0.2) is 35.8 Å². The molecule has 0 radical (unpaired) electrons. The molecule has 1 aromatic carbocycles. The van der Waals surface area contributed by atoms with E-state index in [1.54, 1.807) is 16.5 Å². The molecule has 1 unspecified atom stereocenters. The summed E-state index contributed by atoms with van der Waals surface area (Å²) in [6.07, 6.45) is -2.23. The fourth-order valence-corrected chi connectivity index (χ4v) is 2.96. The molecule has 8 heteroatoms. The second-order valence-corrected chi connectivity index (χ2v) is 6.01. The molecule has 0 saturated carbocycles. The molecule has 1 aliphatic rings. The summed E-state index contributed by atoms with van der Waals surface area (Å²) in [7, 11) is 0. The second-order valence-electron chi connectivity index (χ2n) is 5.15. The summed E-state index contributed by atoms with van der Waals surface area (Å²) in [5.74, 6) is -0.288. The zero-order valence-corrected chi connectivity index (χ0v) is 12.7. The van der Waals surface area contributed by atoms with Crippen LogP contribution in [-0.2, 0) is 6.18 Å². The van der Waals surface area contributed by atoms with Crippen molar-refractivity contribution in [1.82, 2.24) is 9.88 Å². The van der Waals surface area contributed by atoms with Gasteiger partial charge in [0.2, 0.25) is 0 Å². The van der Waals surface area contributed by atoms with Crippen LogP contribution in [0.2, 0.25) is 0 Å². The smallest absolute Gasteiger partial charge is 0.416 e. The molecule has 0 spiro atoms. The Morgan fingerprint density at radius 3 is 2.65 bits per heavy atom. The number of halogens is 3. The van der Waals surface area contributed by atoms with Crippen LogP contribution in [0.4, 0.5) is 13.2 Å². The van der Waals surface area contributed by atoms with Crippen molar-refractivity contribution in [2.24, 2.45) is 0 Å². The summed E-state index contributed by atoms with van der Waals surface area (Å²) in [5, 5.41) is 2.36. The highest BCUT2D eigenvalue weighted by molar-refractivity contribution is 7.11. The van der Waals surface area contributed by atoms with E-state index in [2.05, 4.69) is 4.98 Å². The zero-order valence-electron chi connectivity index (χ0n) is 11.9. The Bertz CT molecular complexity index is 671. The van der Waals surface area contributed by atoms with Crippen molar-refractivity contribution in [2.45, 2.75) is 18.7 Å². The van der Waals surface area contributed by atoms with Gasteiger partial charge in [-0.25, -0.2) is 4.98 Å². The molecule has 1 aromatic heterocycles. The Labute approximate surface area is 134 Å². The third-order valence-corrected chi connectivity index (χ3v) is 4.23. The zero-order chi connectivity index (χ0) is 16.4. The van der Waals surface area contributed by atoms with Crippen molar-refractivity contribution < 1.29 is 22.7 Å². The number of aromatic nitrogens is 1. The van der Waals surface area contributed by atoms with Crippen molar-refractivity contribution >= 4 is 17.2 Å². The maximum absolute atomic E-state index is 12.5. The predicted molar refractivity (Wildman–Crippen MR) is 78.5 cm³/mol. The first kappa shape index (κ1) is 15.8. The standard InChI is InChI=1S/C15H13F3N2O2S/c16-15(17,18)11-3-1-10(2-4-11)13(21)20-7-5-12(9-20)22-14-19-6-8-23-14/h1-4,6,8,12H,5,7,9H2. The summed E-state index contributed by atoms with van der Waals surface area (Å²) in [5.41, 5.74) is -0.520. The molecule has 0 bridgehead atoms. The number of carbonyl (C=O) groups is 1. The quantitative estimate of drug-likeness (QED) is 0.858. The molecular weight excluding hydrogens is 329 g/mol. The van der Waals surface area contributed by atoms with Gasteiger partial charge in [-0.2, -0.15) is 13.2 Å². The number of benzene rings is 1. The molecule has 122 valence electrons. The van der Waals surface area contributed by atoms with Gasteiger partial charge in [0, 0.05) is 30.1 Å². The number of ether oxygens (including phenoxy) is 1. The van der Waals surface area contributed by atoms with Gasteiger partial charge in [-0.05, 0) is 24.3 Å². The minimum Gasteiger partial charge on any atom is -0.465 e. The Morgan fingerprint density at radius 1 is 1.30 bits per heavy atom. The predicted octanol–water partition coefficient (Wildman–Crippen LogP) is 3.46. The Morgan fingerprint density at radius 2 is 2.04 bits per heavy atom. The van der Waals surface area contributed by atoms with Gasteiger partial charge >= 0.3 is 6.18 Å². The van der Waals surface area contributed by atoms with Crippen LogP contribution in [0.3, 0.4) is 0 Å². The Kier molecular flexibility index (Phi) is 4.25. The normalized spacial score (nSPS) is 18.2. The van der Waals surface area contributed by atoms with Crippen molar-refractivity contribution in [3.63, 3.8) is 0 Å². The molecule has 4 nitrogen and oxygen atoms in total. The second kappa shape index (κ2) is 6.19. The van der Waals surface area contributed by atoms with Crippen molar-refractivity contribution in [3.8, 4) is 5.19 Å². The highest BCUT2D eigenvalue weighted by atomic mass is 32.1. The highest BCUT2D eigenvalue weighted by Gasteiger charge is 2.32. The molecule has 1 amide bonds. The number of hydrogen-bond donors (Lipinski definition) is 0. The van der Waals surface area contributed by atoms with Gasteiger partial charge in [-0.3, -0.25) is 4.79 Å². The van der Waals surface area contributed by atoms with Crippen LogP contribution in [-0.4, -0.2) is 35.0 Å². The monoisotopic (exact) mass is 342 g/mol. The number of alkyl halides is 3. The summed E-state index contributed by atoms with van der Waals surface area (Å²) in [6.45, 7) is 0.912. The van der Waals surface area contributed by atoms with Crippen molar-refractivity contribution in [1.29, 1.82) is 0 Å². The van der Waals surface area contributed by atoms with Gasteiger partial charge in [-0.15, -0.1) is 0 Å². The minimum atomic E-state index is -4.40. The lowest BCUT2D eigenvalue weighted by Gasteiger charge is -2.17. The number of likely N-dealkylation sites (tertiary alicyclic amines) is 1. The number of thiazole rings is 1. The summed E-state index contributed by atoms with van der Waals surface area (Å²) in [6, 6.07) is 4.26. The molecular formula is C15H13F3N2O2S. The minimum absolute atomic E-state index is 0.139. The van der Waals surface area contributed by atoms with Gasteiger partial charge < -0.3 is 9.64 Å². The van der Waals surface area contributed by atoms with E-state index in [9.17, 15) is 18.0 Å². The van der Waals surface area contributed by atoms with Gasteiger partial charge in [0.05, 0.1) is 12.1 Å². The number of amides is 1. The van der Waals surface area contributed by atoms with Crippen LogP contribution < -0.4 is 4.74 Å². The van der Waals surface area contributed by atoms with Crippen LogP contribution >= 0.6 is 11.3 Å². The van der Waals surface area contributed by atoms with Gasteiger partial charge in [-0.1, -0.05) is 11.3 Å². The summed E-state index contributed by atoms with van der Waals surface area (Å²) >= 11 is 1.38. The number of hydrogen-bond acceptors (Lipinski definition) is 4. The third-order valence-electron chi connectivity index (χ3n) is 3.57. The number of carbonyl (C=O) groups excluding carboxylic acids is 1. The number of nitrogens with zero attached hydrogens (tertiary/aromatic N) is 2. The van der Waals surface area contributed by atoms with Crippen LogP contribution in [0.1, 0.15) is 22.3 Å². The molecule has 3 rings (SSSR count). The fraction of sp³-hybridized carbons (Fsp3) is 0.333. The van der Waals surface area contributed by atoms with Crippen molar-refractivity contribution in [3.05, 3.63) is 47.0 Å². The van der Waals surface area contributed by atoms with E-state index >= 15 is 0 Å². The molecule has 1 atom stereocenters. The molecule has 0 aliphatic carbocycles. The van der Waals surface area contributed by atoms with E-state index in [-0.39, 0.29) is 17.6 Å². The average Bonchev–Trinajstić information content (AvgIpc) is 3.18. The average molecular weight is 342 g/mol. The lowest BCUT2D eigenvalue weighted by atomic mass is 10.1. The van der Waals surface area contributed by atoms with E-state index in [0.29, 0.717) is 24.7 Å². The summed E-state index contributed by atoms with van der Waals surface area (Å²) < 4.78 is 43.3. The van der Waals surface area contributed by atoms with E-state index in [4.69, 9.17) is 4.74 Å². The van der Waals surface area contributed by atoms with Gasteiger partial charge in [0.1, 0.15) is 6.10 Å². The van der Waals surface area contributed by atoms with E-state index < -0.39 is 11.7 Å². The first-order valence-corrected chi connectivity index (χ1v) is 7.84. The summed E-state index contributed by atoms with van der Waals surface area (Å²) in [4.78, 5) is 17.9. The highest BCUT2D eigenvalue weighted by Crippen LogP contribution is 2.29. The molecule has 2 aromatic rings. The maximum Gasteiger partial charge on any atom is 0.416 e. The largest absolute Gasteiger partial charge is 0.465 e. The molecule has 1 saturated heterocycles. The first-order valence-electron chi connectivity index (χ1n) is 6.96. The lowest BCUT2D eigenvalue weighted by Crippen LogP contribution is -2.31. The van der Waals surface area contributed by atoms with Gasteiger partial charge in [0.15, 0.2) is 0 Å². The van der Waals surface area contributed by atoms with Crippen LogP contribution in [0.5, 0.6) is 5.19 Å². The Balaban J connectivity index is 1.62.